The molecule has 23 heavy (non-hydrogen) atoms. The minimum Gasteiger partial charge on any atom is -0.444 e. The molecule has 124 valence electrons. The van der Waals surface area contributed by atoms with E-state index in [2.05, 4.69) is 15.6 Å². The van der Waals surface area contributed by atoms with E-state index < -0.39 is 17.5 Å². The Kier molecular flexibility index (Phi) is 4.88. The second-order valence-electron chi connectivity index (χ2n) is 6.17. The number of carbonyl (C=O) groups is 1. The van der Waals surface area contributed by atoms with E-state index in [0.717, 1.165) is 5.69 Å². The summed E-state index contributed by atoms with van der Waals surface area (Å²) in [4.78, 5) is 15.9. The summed E-state index contributed by atoms with van der Waals surface area (Å²) in [6.45, 7) is 5.78. The summed E-state index contributed by atoms with van der Waals surface area (Å²) >= 11 is 0. The Morgan fingerprint density at radius 3 is 2.70 bits per heavy atom. The van der Waals surface area contributed by atoms with Crippen LogP contribution in [0.5, 0.6) is 0 Å². The van der Waals surface area contributed by atoms with Crippen LogP contribution in [0.3, 0.4) is 0 Å². The lowest BCUT2D eigenvalue weighted by Gasteiger charge is -2.20. The maximum atomic E-state index is 13.5. The SMILES string of the molecule is Cn1cncc1CNc1cc(F)ccc1NC(=O)OC(C)(C)C. The summed E-state index contributed by atoms with van der Waals surface area (Å²) in [6.07, 6.45) is 2.81. The van der Waals surface area contributed by atoms with Crippen molar-refractivity contribution in [2.75, 3.05) is 10.6 Å². The van der Waals surface area contributed by atoms with E-state index in [0.29, 0.717) is 17.9 Å². The molecule has 1 aromatic heterocycles. The molecule has 1 aromatic carbocycles. The summed E-state index contributed by atoms with van der Waals surface area (Å²) in [5.41, 5.74) is 1.24. The first kappa shape index (κ1) is 16.8. The van der Waals surface area contributed by atoms with Gasteiger partial charge in [-0.25, -0.2) is 14.2 Å². The number of halogens is 1. The van der Waals surface area contributed by atoms with Gasteiger partial charge in [0.25, 0.3) is 0 Å². The standard InChI is InChI=1S/C16H21FN4O2/c1-16(2,3)23-15(22)20-13-6-5-11(17)7-14(13)19-9-12-8-18-10-21(12)4/h5-8,10,19H,9H2,1-4H3,(H,20,22). The molecule has 1 heterocycles. The molecule has 6 nitrogen and oxygen atoms in total. The topological polar surface area (TPSA) is 68.2 Å². The van der Waals surface area contributed by atoms with Crippen LogP contribution in [0.2, 0.25) is 0 Å². The number of hydrogen-bond acceptors (Lipinski definition) is 4. The number of anilines is 2. The highest BCUT2D eigenvalue weighted by Crippen LogP contribution is 2.24. The molecular formula is C16H21FN4O2. The lowest BCUT2D eigenvalue weighted by atomic mass is 10.2. The number of imidazole rings is 1. The van der Waals surface area contributed by atoms with Crippen molar-refractivity contribution >= 4 is 17.5 Å². The van der Waals surface area contributed by atoms with Gasteiger partial charge in [-0.2, -0.15) is 0 Å². The molecule has 0 unspecified atom stereocenters. The molecule has 0 fully saturated rings. The van der Waals surface area contributed by atoms with Gasteiger partial charge in [0, 0.05) is 13.2 Å². The fourth-order valence-electron chi connectivity index (χ4n) is 1.93. The van der Waals surface area contributed by atoms with E-state index in [1.807, 2.05) is 11.6 Å². The number of hydrogen-bond donors (Lipinski definition) is 2. The van der Waals surface area contributed by atoms with Crippen LogP contribution < -0.4 is 10.6 Å². The number of ether oxygens (including phenoxy) is 1. The fraction of sp³-hybridized carbons (Fsp3) is 0.375. The molecule has 1 amide bonds. The van der Waals surface area contributed by atoms with Gasteiger partial charge in [-0.1, -0.05) is 0 Å². The largest absolute Gasteiger partial charge is 0.444 e. The van der Waals surface area contributed by atoms with Crippen molar-refractivity contribution in [2.24, 2.45) is 7.05 Å². The molecule has 0 radical (unpaired) electrons. The van der Waals surface area contributed by atoms with E-state index in [9.17, 15) is 9.18 Å². The van der Waals surface area contributed by atoms with Crippen LogP contribution in [0.1, 0.15) is 26.5 Å². The third-order valence-electron chi connectivity index (χ3n) is 2.99. The number of carbonyl (C=O) groups excluding carboxylic acids is 1. The zero-order chi connectivity index (χ0) is 17.0. The maximum absolute atomic E-state index is 13.5. The van der Waals surface area contributed by atoms with Gasteiger partial charge in [0.05, 0.1) is 29.9 Å². The summed E-state index contributed by atoms with van der Waals surface area (Å²) < 4.78 is 20.6. The summed E-state index contributed by atoms with van der Waals surface area (Å²) in [6, 6.07) is 4.09. The molecular weight excluding hydrogens is 299 g/mol. The second kappa shape index (κ2) is 6.68. The first-order chi connectivity index (χ1) is 10.7. The van der Waals surface area contributed by atoms with Gasteiger partial charge < -0.3 is 14.6 Å². The van der Waals surface area contributed by atoms with Crippen molar-refractivity contribution in [2.45, 2.75) is 32.9 Å². The van der Waals surface area contributed by atoms with Gasteiger partial charge in [0.2, 0.25) is 0 Å². The minimum atomic E-state index is -0.605. The minimum absolute atomic E-state index is 0.396. The molecule has 2 rings (SSSR count). The molecule has 2 N–H and O–H groups in total. The van der Waals surface area contributed by atoms with Gasteiger partial charge in [-0.05, 0) is 39.0 Å². The van der Waals surface area contributed by atoms with Crippen LogP contribution in [-0.4, -0.2) is 21.2 Å². The van der Waals surface area contributed by atoms with E-state index in [4.69, 9.17) is 4.74 Å². The molecule has 0 atom stereocenters. The predicted octanol–water partition coefficient (Wildman–Crippen LogP) is 3.52. The third-order valence-corrected chi connectivity index (χ3v) is 2.99. The van der Waals surface area contributed by atoms with Gasteiger partial charge >= 0.3 is 6.09 Å². The molecule has 0 saturated heterocycles. The number of benzene rings is 1. The van der Waals surface area contributed by atoms with Crippen LogP contribution in [0.25, 0.3) is 0 Å². The monoisotopic (exact) mass is 320 g/mol. The molecule has 0 saturated carbocycles. The van der Waals surface area contributed by atoms with Gasteiger partial charge in [-0.15, -0.1) is 0 Å². The number of nitrogens with one attached hydrogen (secondary N) is 2. The molecule has 0 aliphatic rings. The Morgan fingerprint density at radius 2 is 2.09 bits per heavy atom. The molecule has 0 bridgehead atoms. The van der Waals surface area contributed by atoms with E-state index in [-0.39, 0.29) is 0 Å². The molecule has 0 aliphatic carbocycles. The number of nitrogens with zero attached hydrogens (tertiary/aromatic N) is 2. The zero-order valence-electron chi connectivity index (χ0n) is 13.7. The van der Waals surface area contributed by atoms with E-state index in [1.54, 1.807) is 33.3 Å². The first-order valence-corrected chi connectivity index (χ1v) is 7.23. The van der Waals surface area contributed by atoms with Crippen LogP contribution >= 0.6 is 0 Å². The fourth-order valence-corrected chi connectivity index (χ4v) is 1.93. The van der Waals surface area contributed by atoms with Crippen molar-refractivity contribution in [1.29, 1.82) is 0 Å². The average Bonchev–Trinajstić information content (AvgIpc) is 2.82. The van der Waals surface area contributed by atoms with Crippen molar-refractivity contribution < 1.29 is 13.9 Å². The van der Waals surface area contributed by atoms with Crippen LogP contribution in [-0.2, 0) is 18.3 Å². The van der Waals surface area contributed by atoms with Crippen molar-refractivity contribution in [3.63, 3.8) is 0 Å². The Balaban J connectivity index is 2.11. The highest BCUT2D eigenvalue weighted by Gasteiger charge is 2.17. The normalized spacial score (nSPS) is 11.2. The lowest BCUT2D eigenvalue weighted by molar-refractivity contribution is 0.0636. The lowest BCUT2D eigenvalue weighted by Crippen LogP contribution is -2.27. The number of rotatable bonds is 4. The Hall–Kier alpha value is -2.57. The van der Waals surface area contributed by atoms with Crippen LogP contribution in [0.15, 0.2) is 30.7 Å². The third kappa shape index (κ3) is 4.98. The maximum Gasteiger partial charge on any atom is 0.412 e. The smallest absolute Gasteiger partial charge is 0.412 e. The van der Waals surface area contributed by atoms with E-state index in [1.165, 1.54) is 18.2 Å². The summed E-state index contributed by atoms with van der Waals surface area (Å²) in [5.74, 6) is -0.396. The van der Waals surface area contributed by atoms with Gasteiger partial charge in [-0.3, -0.25) is 5.32 Å². The number of aryl methyl sites for hydroxylation is 1. The van der Waals surface area contributed by atoms with Crippen molar-refractivity contribution in [1.82, 2.24) is 9.55 Å². The molecule has 0 spiro atoms. The van der Waals surface area contributed by atoms with Gasteiger partial charge in [0.15, 0.2) is 0 Å². The van der Waals surface area contributed by atoms with Crippen molar-refractivity contribution in [3.05, 3.63) is 42.2 Å². The Labute approximate surface area is 134 Å². The Bertz CT molecular complexity index is 692. The van der Waals surface area contributed by atoms with Crippen LogP contribution in [0.4, 0.5) is 20.6 Å². The highest BCUT2D eigenvalue weighted by atomic mass is 19.1. The summed E-state index contributed by atoms with van der Waals surface area (Å²) in [7, 11) is 1.87. The zero-order valence-corrected chi connectivity index (χ0v) is 13.7. The molecule has 2 aromatic rings. The average molecular weight is 320 g/mol. The van der Waals surface area contributed by atoms with Crippen molar-refractivity contribution in [3.8, 4) is 0 Å². The molecule has 0 aliphatic heterocycles. The number of aromatic nitrogens is 2. The first-order valence-electron chi connectivity index (χ1n) is 7.23. The second-order valence-corrected chi connectivity index (χ2v) is 6.17. The highest BCUT2D eigenvalue weighted by molar-refractivity contribution is 5.89. The quantitative estimate of drug-likeness (QED) is 0.904. The van der Waals surface area contributed by atoms with Crippen LogP contribution in [0, 0.1) is 5.82 Å². The van der Waals surface area contributed by atoms with Gasteiger partial charge in [0.1, 0.15) is 11.4 Å². The Morgan fingerprint density at radius 1 is 1.35 bits per heavy atom. The summed E-state index contributed by atoms with van der Waals surface area (Å²) in [5, 5.41) is 5.72. The number of amides is 1. The predicted molar refractivity (Wildman–Crippen MR) is 86.8 cm³/mol. The van der Waals surface area contributed by atoms with E-state index >= 15 is 0 Å². The molecule has 7 heteroatoms.